The summed E-state index contributed by atoms with van der Waals surface area (Å²) in [5.74, 6) is -0.960. The summed E-state index contributed by atoms with van der Waals surface area (Å²) in [5, 5.41) is 0. The van der Waals surface area contributed by atoms with Crippen LogP contribution in [-0.4, -0.2) is 42.6 Å². The Morgan fingerprint density at radius 3 is 2.45 bits per heavy atom. The second-order valence-electron chi connectivity index (χ2n) is 5.44. The molecule has 0 spiro atoms. The molecule has 7 heteroatoms. The molecule has 0 saturated carbocycles. The number of esters is 3. The van der Waals surface area contributed by atoms with Crippen LogP contribution in [-0.2, 0) is 28.6 Å². The number of cyclic esters (lactones) is 1. The maximum Gasteiger partial charge on any atom is 0.340 e. The molecular formula is C15H21NO6. The lowest BCUT2D eigenvalue weighted by molar-refractivity contribution is -0.150. The molecule has 7 nitrogen and oxygen atoms in total. The second-order valence-corrected chi connectivity index (χ2v) is 5.44. The molecule has 0 aromatic rings. The quantitative estimate of drug-likeness (QED) is 0.292. The first kappa shape index (κ1) is 17.9. The van der Waals surface area contributed by atoms with E-state index in [0.717, 1.165) is 0 Å². The number of nitrogens with zero attached hydrogens (tertiary/aromatic N) is 1. The molecule has 0 aromatic heterocycles. The second kappa shape index (κ2) is 7.72. The van der Waals surface area contributed by atoms with Crippen molar-refractivity contribution in [2.45, 2.75) is 45.6 Å². The van der Waals surface area contributed by atoms with Crippen molar-refractivity contribution in [3.8, 4) is 0 Å². The van der Waals surface area contributed by atoms with E-state index in [1.54, 1.807) is 13.8 Å². The number of carbonyl (C=O) groups is 3. The van der Waals surface area contributed by atoms with Gasteiger partial charge < -0.3 is 14.2 Å². The highest BCUT2D eigenvalue weighted by Crippen LogP contribution is 2.20. The topological polar surface area (TPSA) is 91.3 Å². The van der Waals surface area contributed by atoms with Gasteiger partial charge >= 0.3 is 17.9 Å². The molecule has 1 aliphatic heterocycles. The van der Waals surface area contributed by atoms with Crippen LogP contribution in [0.1, 0.15) is 40.0 Å². The number of rotatable bonds is 8. The maximum atomic E-state index is 11.5. The van der Waals surface area contributed by atoms with E-state index in [1.165, 1.54) is 6.92 Å². The summed E-state index contributed by atoms with van der Waals surface area (Å²) in [6.45, 7) is 8.30. The van der Waals surface area contributed by atoms with Crippen LogP contribution in [0, 0.1) is 0 Å². The van der Waals surface area contributed by atoms with Crippen LogP contribution in [0.5, 0.6) is 0 Å². The Kier molecular flexibility index (Phi) is 6.27. The Hall–Kier alpha value is -2.18. The first-order valence-electron chi connectivity index (χ1n) is 7.01. The van der Waals surface area contributed by atoms with E-state index >= 15 is 0 Å². The van der Waals surface area contributed by atoms with Gasteiger partial charge in [-0.05, 0) is 27.2 Å². The van der Waals surface area contributed by atoms with Crippen molar-refractivity contribution in [1.29, 1.82) is 0 Å². The number of aliphatic imine (C=N–C) groups is 1. The molecule has 0 fully saturated rings. The third-order valence-corrected chi connectivity index (χ3v) is 2.81. The van der Waals surface area contributed by atoms with E-state index in [1.807, 2.05) is 0 Å². The van der Waals surface area contributed by atoms with Gasteiger partial charge in [0.25, 0.3) is 0 Å². The summed E-state index contributed by atoms with van der Waals surface area (Å²) < 4.78 is 14.7. The van der Waals surface area contributed by atoms with Crippen molar-refractivity contribution >= 4 is 23.8 Å². The Morgan fingerprint density at radius 2 is 1.91 bits per heavy atom. The van der Waals surface area contributed by atoms with Gasteiger partial charge in [0.15, 0.2) is 11.4 Å². The van der Waals surface area contributed by atoms with Gasteiger partial charge in [0.05, 0.1) is 0 Å². The maximum absolute atomic E-state index is 11.5. The van der Waals surface area contributed by atoms with Crippen molar-refractivity contribution in [2.24, 2.45) is 4.99 Å². The van der Waals surface area contributed by atoms with E-state index in [2.05, 4.69) is 11.6 Å². The molecule has 0 bridgehead atoms. The van der Waals surface area contributed by atoms with Crippen LogP contribution in [0.25, 0.3) is 0 Å². The van der Waals surface area contributed by atoms with Crippen LogP contribution >= 0.6 is 0 Å². The minimum atomic E-state index is -0.844. The van der Waals surface area contributed by atoms with Crippen LogP contribution in [0.15, 0.2) is 17.1 Å². The molecule has 122 valence electrons. The van der Waals surface area contributed by atoms with Crippen molar-refractivity contribution in [3.63, 3.8) is 0 Å². The Balaban J connectivity index is 2.13. The van der Waals surface area contributed by atoms with Crippen molar-refractivity contribution in [3.05, 3.63) is 12.2 Å². The summed E-state index contributed by atoms with van der Waals surface area (Å²) in [7, 11) is 0. The molecule has 0 atom stereocenters. The molecule has 0 radical (unpaired) electrons. The monoisotopic (exact) mass is 311 g/mol. The third kappa shape index (κ3) is 5.67. The fourth-order valence-electron chi connectivity index (χ4n) is 1.59. The lowest BCUT2D eigenvalue weighted by Crippen LogP contribution is -2.25. The number of hydrogen-bond acceptors (Lipinski definition) is 7. The molecule has 1 heterocycles. The zero-order valence-electron chi connectivity index (χ0n) is 13.1. The normalized spacial score (nSPS) is 15.8. The van der Waals surface area contributed by atoms with Crippen LogP contribution in [0.2, 0.25) is 0 Å². The van der Waals surface area contributed by atoms with E-state index < -0.39 is 17.5 Å². The zero-order valence-corrected chi connectivity index (χ0v) is 13.1. The summed E-state index contributed by atoms with van der Waals surface area (Å²) >= 11 is 0. The molecule has 0 saturated heterocycles. The van der Waals surface area contributed by atoms with Crippen molar-refractivity contribution < 1.29 is 28.6 Å². The Morgan fingerprint density at radius 1 is 1.27 bits per heavy atom. The fraction of sp³-hybridized carbons (Fsp3) is 0.600. The summed E-state index contributed by atoms with van der Waals surface area (Å²) in [4.78, 5) is 38.1. The molecule has 22 heavy (non-hydrogen) atoms. The zero-order chi connectivity index (χ0) is 16.8. The van der Waals surface area contributed by atoms with E-state index in [4.69, 9.17) is 14.2 Å². The molecule has 0 amide bonds. The predicted octanol–water partition coefficient (Wildman–Crippen LogP) is 1.55. The average Bonchev–Trinajstić information content (AvgIpc) is 2.67. The highest BCUT2D eigenvalue weighted by molar-refractivity contribution is 5.99. The van der Waals surface area contributed by atoms with E-state index in [-0.39, 0.29) is 25.6 Å². The smallest absolute Gasteiger partial charge is 0.340 e. The van der Waals surface area contributed by atoms with Crippen molar-refractivity contribution in [1.82, 2.24) is 0 Å². The summed E-state index contributed by atoms with van der Waals surface area (Å²) in [5.41, 5.74) is -0.552. The molecule has 0 aromatic carbocycles. The van der Waals surface area contributed by atoms with Gasteiger partial charge in [-0.1, -0.05) is 6.58 Å². The lowest BCUT2D eigenvalue weighted by Gasteiger charge is -2.06. The molecule has 0 unspecified atom stereocenters. The van der Waals surface area contributed by atoms with Crippen molar-refractivity contribution in [2.75, 3.05) is 13.2 Å². The first-order valence-corrected chi connectivity index (χ1v) is 7.01. The van der Waals surface area contributed by atoms with Gasteiger partial charge in [-0.15, -0.1) is 0 Å². The number of hydrogen-bond donors (Lipinski definition) is 0. The molecule has 0 N–H and O–H groups in total. The lowest BCUT2D eigenvalue weighted by atomic mass is 10.1. The van der Waals surface area contributed by atoms with Gasteiger partial charge in [-0.3, -0.25) is 4.79 Å². The third-order valence-electron chi connectivity index (χ3n) is 2.81. The standard InChI is InChI=1S/C15H21NO6/c1-10(2)13(18)21-9-8-20-12(17)7-5-6-11-16-15(3,4)14(19)22-11/h1,5-9H2,2-4H3. The van der Waals surface area contributed by atoms with Gasteiger partial charge in [-0.25, -0.2) is 14.6 Å². The average molecular weight is 311 g/mol. The minimum absolute atomic E-state index is 0.000810. The summed E-state index contributed by atoms with van der Waals surface area (Å²) in [6.07, 6.45) is 1.03. The van der Waals surface area contributed by atoms with Gasteiger partial charge in [0.1, 0.15) is 13.2 Å². The largest absolute Gasteiger partial charge is 0.462 e. The first-order chi connectivity index (χ1) is 10.2. The minimum Gasteiger partial charge on any atom is -0.462 e. The molecule has 1 rings (SSSR count). The van der Waals surface area contributed by atoms with Gasteiger partial charge in [0.2, 0.25) is 0 Å². The van der Waals surface area contributed by atoms with Crippen LogP contribution in [0.4, 0.5) is 0 Å². The van der Waals surface area contributed by atoms with Crippen LogP contribution in [0.3, 0.4) is 0 Å². The van der Waals surface area contributed by atoms with Crippen LogP contribution < -0.4 is 0 Å². The highest BCUT2D eigenvalue weighted by Gasteiger charge is 2.36. The number of ether oxygens (including phenoxy) is 3. The molecule has 0 aliphatic carbocycles. The SMILES string of the molecule is C=C(C)C(=O)OCCOC(=O)CCCC1=NC(C)(C)C(=O)O1. The summed E-state index contributed by atoms with van der Waals surface area (Å²) in [6, 6.07) is 0. The molecular weight excluding hydrogens is 290 g/mol. The van der Waals surface area contributed by atoms with E-state index in [9.17, 15) is 14.4 Å². The fourth-order valence-corrected chi connectivity index (χ4v) is 1.59. The predicted molar refractivity (Wildman–Crippen MR) is 78.2 cm³/mol. The van der Waals surface area contributed by atoms with Gasteiger partial charge in [-0.2, -0.15) is 0 Å². The molecule has 1 aliphatic rings. The number of carbonyl (C=O) groups excluding carboxylic acids is 3. The Labute approximate surface area is 129 Å². The van der Waals surface area contributed by atoms with E-state index in [0.29, 0.717) is 24.3 Å². The van der Waals surface area contributed by atoms with Gasteiger partial charge in [0, 0.05) is 18.4 Å². The Bertz CT molecular complexity index is 506. The highest BCUT2D eigenvalue weighted by atomic mass is 16.6.